The van der Waals surface area contributed by atoms with Gasteiger partial charge in [-0.3, -0.25) is 9.59 Å². The van der Waals surface area contributed by atoms with Crippen molar-refractivity contribution in [1.82, 2.24) is 10.0 Å². The first-order chi connectivity index (χ1) is 13.5. The summed E-state index contributed by atoms with van der Waals surface area (Å²) in [6.45, 7) is 1.56. The minimum Gasteiger partial charge on any atom is -0.274 e. The molecule has 144 valence electrons. The summed E-state index contributed by atoms with van der Waals surface area (Å²) in [7, 11) is 0. The van der Waals surface area contributed by atoms with Gasteiger partial charge < -0.3 is 0 Å². The molecule has 0 aromatic heterocycles. The molecule has 3 saturated heterocycles. The van der Waals surface area contributed by atoms with E-state index in [0.717, 1.165) is 25.1 Å². The standard InChI is InChI=1S/C20H16Cl3N3O2/c21-12-7-5-11(6-8-12)16-15-18(25-10-2-9-24(16)25)20(28)26(19(15)27)17-13(22)3-1-4-14(17)23/h1,3-8,15-16,18H,2,9-10H2/t15-,16+,18+/m0/s1. The Morgan fingerprint density at radius 1 is 0.786 bits per heavy atom. The van der Waals surface area contributed by atoms with Crippen LogP contribution in [-0.4, -0.2) is 41.0 Å². The van der Waals surface area contributed by atoms with Crippen molar-refractivity contribution < 1.29 is 9.59 Å². The van der Waals surface area contributed by atoms with Crippen molar-refractivity contribution in [3.8, 4) is 0 Å². The topological polar surface area (TPSA) is 43.9 Å². The van der Waals surface area contributed by atoms with E-state index in [2.05, 4.69) is 5.01 Å². The minimum atomic E-state index is -0.539. The minimum absolute atomic E-state index is 0.215. The van der Waals surface area contributed by atoms with Crippen molar-refractivity contribution >= 4 is 52.3 Å². The third kappa shape index (κ3) is 2.54. The van der Waals surface area contributed by atoms with Gasteiger partial charge in [-0.05, 0) is 36.2 Å². The third-order valence-electron chi connectivity index (χ3n) is 5.78. The highest BCUT2D eigenvalue weighted by Crippen LogP contribution is 2.50. The van der Waals surface area contributed by atoms with E-state index in [1.54, 1.807) is 18.2 Å². The highest BCUT2D eigenvalue weighted by molar-refractivity contribution is 6.42. The Kier molecular flexibility index (Phi) is 4.41. The summed E-state index contributed by atoms with van der Waals surface area (Å²) in [5.74, 6) is -1.05. The maximum atomic E-state index is 13.5. The zero-order valence-electron chi connectivity index (χ0n) is 14.7. The molecule has 0 aliphatic carbocycles. The lowest BCUT2D eigenvalue weighted by atomic mass is 9.90. The first-order valence-corrected chi connectivity index (χ1v) is 10.2. The molecule has 2 amide bonds. The number of carbonyl (C=O) groups excluding carboxylic acids is 2. The van der Waals surface area contributed by atoms with Gasteiger partial charge in [0.1, 0.15) is 6.04 Å². The molecule has 0 N–H and O–H groups in total. The van der Waals surface area contributed by atoms with Crippen LogP contribution >= 0.6 is 34.8 Å². The number of hydrogen-bond donors (Lipinski definition) is 0. The maximum Gasteiger partial charge on any atom is 0.253 e. The molecule has 3 fully saturated rings. The van der Waals surface area contributed by atoms with Crippen LogP contribution in [0.4, 0.5) is 5.69 Å². The number of hydrogen-bond acceptors (Lipinski definition) is 4. The number of benzene rings is 2. The second-order valence-corrected chi connectivity index (χ2v) is 8.48. The summed E-state index contributed by atoms with van der Waals surface area (Å²) in [6, 6.07) is 11.7. The Labute approximate surface area is 177 Å². The van der Waals surface area contributed by atoms with Crippen molar-refractivity contribution in [3.05, 3.63) is 63.1 Å². The summed E-state index contributed by atoms with van der Waals surface area (Å²) in [4.78, 5) is 28.0. The quantitative estimate of drug-likeness (QED) is 0.663. The highest BCUT2D eigenvalue weighted by atomic mass is 35.5. The summed E-state index contributed by atoms with van der Waals surface area (Å²) in [5.41, 5.74) is 1.24. The third-order valence-corrected chi connectivity index (χ3v) is 6.64. The molecule has 2 aromatic carbocycles. The van der Waals surface area contributed by atoms with Gasteiger partial charge >= 0.3 is 0 Å². The van der Waals surface area contributed by atoms with Crippen molar-refractivity contribution in [1.29, 1.82) is 0 Å². The van der Waals surface area contributed by atoms with Gasteiger partial charge in [-0.1, -0.05) is 53.0 Å². The molecular weight excluding hydrogens is 421 g/mol. The van der Waals surface area contributed by atoms with Crippen LogP contribution in [0.1, 0.15) is 18.0 Å². The van der Waals surface area contributed by atoms with Crippen LogP contribution in [0.5, 0.6) is 0 Å². The largest absolute Gasteiger partial charge is 0.274 e. The molecule has 0 saturated carbocycles. The molecule has 8 heteroatoms. The van der Waals surface area contributed by atoms with E-state index in [4.69, 9.17) is 34.8 Å². The second kappa shape index (κ2) is 6.71. The predicted octanol–water partition coefficient (Wildman–Crippen LogP) is 4.18. The zero-order chi connectivity index (χ0) is 19.6. The fourth-order valence-corrected chi connectivity index (χ4v) is 5.39. The van der Waals surface area contributed by atoms with E-state index in [1.807, 2.05) is 29.3 Å². The van der Waals surface area contributed by atoms with Gasteiger partial charge in [-0.25, -0.2) is 14.9 Å². The van der Waals surface area contributed by atoms with Crippen LogP contribution < -0.4 is 4.90 Å². The fourth-order valence-electron chi connectivity index (χ4n) is 4.70. The first kappa shape index (κ1) is 18.4. The molecule has 0 unspecified atom stereocenters. The summed E-state index contributed by atoms with van der Waals surface area (Å²) < 4.78 is 0. The van der Waals surface area contributed by atoms with Gasteiger partial charge in [0.25, 0.3) is 5.91 Å². The number of imide groups is 1. The van der Waals surface area contributed by atoms with E-state index in [9.17, 15) is 9.59 Å². The number of halogens is 3. The van der Waals surface area contributed by atoms with E-state index in [0.29, 0.717) is 5.02 Å². The first-order valence-electron chi connectivity index (χ1n) is 9.09. The van der Waals surface area contributed by atoms with Crippen LogP contribution in [0.3, 0.4) is 0 Å². The molecule has 5 nitrogen and oxygen atoms in total. The Bertz CT molecular complexity index is 961. The van der Waals surface area contributed by atoms with Crippen molar-refractivity contribution in [3.63, 3.8) is 0 Å². The molecule has 0 spiro atoms. The number of fused-ring (bicyclic) bond motifs is 3. The molecule has 3 aliphatic heterocycles. The zero-order valence-corrected chi connectivity index (χ0v) is 17.0. The van der Waals surface area contributed by atoms with Crippen LogP contribution in [0.2, 0.25) is 15.1 Å². The normalized spacial score (nSPS) is 27.5. The Hall–Kier alpha value is -1.63. The van der Waals surface area contributed by atoms with Gasteiger partial charge in [0.2, 0.25) is 5.91 Å². The molecular formula is C20H16Cl3N3O2. The van der Waals surface area contributed by atoms with E-state index >= 15 is 0 Å². The lowest BCUT2D eigenvalue weighted by Gasteiger charge is -2.30. The van der Waals surface area contributed by atoms with E-state index < -0.39 is 12.0 Å². The van der Waals surface area contributed by atoms with E-state index in [-0.39, 0.29) is 33.6 Å². The molecule has 5 rings (SSSR count). The van der Waals surface area contributed by atoms with Crippen molar-refractivity contribution in [2.24, 2.45) is 5.92 Å². The van der Waals surface area contributed by atoms with Gasteiger partial charge in [0.15, 0.2) is 0 Å². The van der Waals surface area contributed by atoms with E-state index in [1.165, 1.54) is 4.90 Å². The number of amides is 2. The second-order valence-electron chi connectivity index (χ2n) is 7.23. The fraction of sp³-hybridized carbons (Fsp3) is 0.300. The number of nitrogens with zero attached hydrogens (tertiary/aromatic N) is 3. The number of carbonyl (C=O) groups is 2. The monoisotopic (exact) mass is 435 g/mol. The smallest absolute Gasteiger partial charge is 0.253 e. The molecule has 2 aromatic rings. The average Bonchev–Trinajstić information content (AvgIpc) is 3.30. The lowest BCUT2D eigenvalue weighted by molar-refractivity contribution is -0.126. The number of para-hydroxylation sites is 1. The van der Waals surface area contributed by atoms with Gasteiger partial charge in [-0.2, -0.15) is 0 Å². The molecule has 3 aliphatic rings. The molecule has 28 heavy (non-hydrogen) atoms. The maximum absolute atomic E-state index is 13.5. The van der Waals surface area contributed by atoms with Gasteiger partial charge in [0.05, 0.1) is 27.7 Å². The Morgan fingerprint density at radius 2 is 1.39 bits per heavy atom. The molecule has 0 radical (unpaired) electrons. The van der Waals surface area contributed by atoms with Crippen LogP contribution in [0.15, 0.2) is 42.5 Å². The number of anilines is 1. The Morgan fingerprint density at radius 3 is 2.04 bits per heavy atom. The Balaban J connectivity index is 1.62. The number of hydrazine groups is 1. The van der Waals surface area contributed by atoms with Crippen LogP contribution in [-0.2, 0) is 9.59 Å². The molecule has 3 atom stereocenters. The summed E-state index contributed by atoms with van der Waals surface area (Å²) in [6.07, 6.45) is 0.946. The number of rotatable bonds is 2. The van der Waals surface area contributed by atoms with Crippen molar-refractivity contribution in [2.45, 2.75) is 18.5 Å². The SMILES string of the molecule is O=C1[C@H]2[C@@H](c3ccc(Cl)cc3)N3CCCN3[C@H]2C(=O)N1c1c(Cl)cccc1Cl. The van der Waals surface area contributed by atoms with Gasteiger partial charge in [0, 0.05) is 18.1 Å². The van der Waals surface area contributed by atoms with Gasteiger partial charge in [-0.15, -0.1) is 0 Å². The summed E-state index contributed by atoms with van der Waals surface area (Å²) >= 11 is 18.7. The molecule has 3 heterocycles. The lowest BCUT2D eigenvalue weighted by Crippen LogP contribution is -2.44. The van der Waals surface area contributed by atoms with Crippen LogP contribution in [0, 0.1) is 5.92 Å². The molecule has 0 bridgehead atoms. The van der Waals surface area contributed by atoms with Crippen LogP contribution in [0.25, 0.3) is 0 Å². The predicted molar refractivity (Wildman–Crippen MR) is 108 cm³/mol. The van der Waals surface area contributed by atoms with Crippen molar-refractivity contribution in [2.75, 3.05) is 18.0 Å². The highest BCUT2D eigenvalue weighted by Gasteiger charge is 2.63. The average molecular weight is 437 g/mol. The summed E-state index contributed by atoms with van der Waals surface area (Å²) in [5, 5.41) is 5.40.